The van der Waals surface area contributed by atoms with Gasteiger partial charge >= 0.3 is 6.03 Å². The van der Waals surface area contributed by atoms with Crippen LogP contribution in [0.5, 0.6) is 5.75 Å². The first-order valence-electron chi connectivity index (χ1n) is 7.45. The first kappa shape index (κ1) is 16.8. The van der Waals surface area contributed by atoms with E-state index in [-0.39, 0.29) is 6.03 Å². The van der Waals surface area contributed by atoms with Crippen molar-refractivity contribution in [1.82, 2.24) is 15.2 Å². The van der Waals surface area contributed by atoms with Crippen LogP contribution in [0.1, 0.15) is 5.56 Å². The van der Waals surface area contributed by atoms with Gasteiger partial charge in [-0.3, -0.25) is 4.98 Å². The number of urea groups is 1. The molecule has 0 aliphatic rings. The third-order valence-corrected chi connectivity index (χ3v) is 3.08. The van der Waals surface area contributed by atoms with Gasteiger partial charge in [0.15, 0.2) is 0 Å². The molecule has 6 nitrogen and oxygen atoms in total. The van der Waals surface area contributed by atoms with E-state index < -0.39 is 0 Å². The Morgan fingerprint density at radius 1 is 1.26 bits per heavy atom. The first-order chi connectivity index (χ1) is 11.1. The molecule has 0 saturated heterocycles. The van der Waals surface area contributed by atoms with Crippen molar-refractivity contribution < 1.29 is 9.53 Å². The van der Waals surface area contributed by atoms with Crippen LogP contribution >= 0.6 is 0 Å². The van der Waals surface area contributed by atoms with Crippen molar-refractivity contribution in [2.45, 2.75) is 6.54 Å². The molecule has 6 heteroatoms. The molecule has 0 saturated carbocycles. The van der Waals surface area contributed by atoms with Gasteiger partial charge in [-0.2, -0.15) is 0 Å². The van der Waals surface area contributed by atoms with E-state index in [1.165, 1.54) is 0 Å². The second kappa shape index (κ2) is 8.75. The second-order valence-electron chi connectivity index (χ2n) is 5.35. The van der Waals surface area contributed by atoms with Gasteiger partial charge in [-0.1, -0.05) is 12.1 Å². The fourth-order valence-electron chi connectivity index (χ4n) is 1.89. The number of nitrogens with one attached hydrogen (secondary N) is 2. The Balaban J connectivity index is 1.80. The third kappa shape index (κ3) is 6.36. The molecule has 0 fully saturated rings. The van der Waals surface area contributed by atoms with Crippen LogP contribution in [0.25, 0.3) is 0 Å². The van der Waals surface area contributed by atoms with Crippen LogP contribution in [-0.4, -0.2) is 43.2 Å². The summed E-state index contributed by atoms with van der Waals surface area (Å²) in [5.41, 5.74) is 1.64. The molecule has 1 heterocycles. The summed E-state index contributed by atoms with van der Waals surface area (Å²) < 4.78 is 5.68. The highest BCUT2D eigenvalue weighted by Crippen LogP contribution is 2.13. The van der Waals surface area contributed by atoms with E-state index in [9.17, 15) is 4.79 Å². The molecule has 2 aromatic rings. The van der Waals surface area contributed by atoms with Crippen molar-refractivity contribution >= 4 is 11.7 Å². The highest BCUT2D eigenvalue weighted by Gasteiger charge is 2.03. The number of amides is 2. The average molecular weight is 314 g/mol. The number of hydrogen-bond acceptors (Lipinski definition) is 4. The summed E-state index contributed by atoms with van der Waals surface area (Å²) >= 11 is 0. The molecule has 0 aliphatic carbocycles. The molecular formula is C17H22N4O2. The van der Waals surface area contributed by atoms with E-state index in [0.29, 0.717) is 18.8 Å². The molecule has 1 aromatic carbocycles. The quantitative estimate of drug-likeness (QED) is 0.823. The normalized spacial score (nSPS) is 10.4. The van der Waals surface area contributed by atoms with Crippen molar-refractivity contribution in [2.75, 3.05) is 32.6 Å². The topological polar surface area (TPSA) is 66.5 Å². The van der Waals surface area contributed by atoms with Gasteiger partial charge in [-0.25, -0.2) is 4.79 Å². The Morgan fingerprint density at radius 2 is 2.13 bits per heavy atom. The number of carbonyl (C=O) groups is 1. The molecule has 0 aliphatic heterocycles. The van der Waals surface area contributed by atoms with Gasteiger partial charge in [0, 0.05) is 19.3 Å². The Labute approximate surface area is 136 Å². The van der Waals surface area contributed by atoms with Crippen LogP contribution in [-0.2, 0) is 6.54 Å². The molecule has 2 rings (SSSR count). The molecule has 23 heavy (non-hydrogen) atoms. The van der Waals surface area contributed by atoms with Crippen LogP contribution in [0.15, 0.2) is 48.8 Å². The minimum Gasteiger partial charge on any atom is -0.492 e. The number of likely N-dealkylation sites (N-methyl/N-ethyl adjacent to an activating group) is 1. The number of nitrogens with zero attached hydrogens (tertiary/aromatic N) is 2. The smallest absolute Gasteiger partial charge is 0.319 e. The first-order valence-corrected chi connectivity index (χ1v) is 7.45. The number of benzene rings is 1. The van der Waals surface area contributed by atoms with Gasteiger partial charge in [-0.05, 0) is 43.9 Å². The standard InChI is InChI=1S/C17H22N4O2/c1-21(2)9-10-23-16-7-3-5-14(11-16)12-19-17(22)20-15-6-4-8-18-13-15/h3-8,11,13H,9-10,12H2,1-2H3,(H2,19,20,22). The van der Waals surface area contributed by atoms with Gasteiger partial charge in [-0.15, -0.1) is 0 Å². The molecule has 0 atom stereocenters. The van der Waals surface area contributed by atoms with Crippen LogP contribution in [0.2, 0.25) is 0 Å². The Kier molecular flexibility index (Phi) is 6.38. The fourth-order valence-corrected chi connectivity index (χ4v) is 1.89. The van der Waals surface area contributed by atoms with Crippen LogP contribution < -0.4 is 15.4 Å². The maximum absolute atomic E-state index is 11.8. The molecule has 0 radical (unpaired) electrons. The summed E-state index contributed by atoms with van der Waals surface area (Å²) in [4.78, 5) is 17.8. The number of ether oxygens (including phenoxy) is 1. The molecule has 0 unspecified atom stereocenters. The van der Waals surface area contributed by atoms with Gasteiger partial charge in [0.25, 0.3) is 0 Å². The zero-order valence-corrected chi connectivity index (χ0v) is 13.5. The number of aromatic nitrogens is 1. The van der Waals surface area contributed by atoms with E-state index in [2.05, 4.69) is 20.5 Å². The van der Waals surface area contributed by atoms with Crippen molar-refractivity contribution in [3.8, 4) is 5.75 Å². The average Bonchev–Trinajstić information content (AvgIpc) is 2.54. The highest BCUT2D eigenvalue weighted by atomic mass is 16.5. The van der Waals surface area contributed by atoms with Crippen molar-refractivity contribution in [3.63, 3.8) is 0 Å². The zero-order valence-electron chi connectivity index (χ0n) is 13.5. The number of carbonyl (C=O) groups excluding carboxylic acids is 1. The number of pyridine rings is 1. The molecule has 2 N–H and O–H groups in total. The number of anilines is 1. The lowest BCUT2D eigenvalue weighted by atomic mass is 10.2. The third-order valence-electron chi connectivity index (χ3n) is 3.08. The lowest BCUT2D eigenvalue weighted by Gasteiger charge is -2.12. The van der Waals surface area contributed by atoms with Crippen molar-refractivity contribution in [1.29, 1.82) is 0 Å². The maximum atomic E-state index is 11.8. The minimum absolute atomic E-state index is 0.267. The lowest BCUT2D eigenvalue weighted by molar-refractivity contribution is 0.251. The molecule has 1 aromatic heterocycles. The molecular weight excluding hydrogens is 292 g/mol. The van der Waals surface area contributed by atoms with E-state index in [1.807, 2.05) is 38.4 Å². The van der Waals surface area contributed by atoms with Crippen LogP contribution in [0, 0.1) is 0 Å². The molecule has 122 valence electrons. The number of hydrogen-bond donors (Lipinski definition) is 2. The van der Waals surface area contributed by atoms with Crippen molar-refractivity contribution in [3.05, 3.63) is 54.4 Å². The SMILES string of the molecule is CN(C)CCOc1cccc(CNC(=O)Nc2cccnc2)c1. The summed E-state index contributed by atoms with van der Waals surface area (Å²) in [5, 5.41) is 5.53. The van der Waals surface area contributed by atoms with Gasteiger partial charge in [0.05, 0.1) is 11.9 Å². The largest absolute Gasteiger partial charge is 0.492 e. The van der Waals surface area contributed by atoms with E-state index >= 15 is 0 Å². The fraction of sp³-hybridized carbons (Fsp3) is 0.294. The summed E-state index contributed by atoms with van der Waals surface area (Å²) in [6.07, 6.45) is 3.25. The van der Waals surface area contributed by atoms with Gasteiger partial charge < -0.3 is 20.3 Å². The summed E-state index contributed by atoms with van der Waals surface area (Å²) in [6.45, 7) is 1.92. The lowest BCUT2D eigenvalue weighted by Crippen LogP contribution is -2.28. The summed E-state index contributed by atoms with van der Waals surface area (Å²) in [5.74, 6) is 0.804. The minimum atomic E-state index is -0.267. The highest BCUT2D eigenvalue weighted by molar-refractivity contribution is 5.88. The Morgan fingerprint density at radius 3 is 2.87 bits per heavy atom. The number of rotatable bonds is 7. The van der Waals surface area contributed by atoms with Gasteiger partial charge in [0.1, 0.15) is 12.4 Å². The Bertz CT molecular complexity index is 617. The monoisotopic (exact) mass is 314 g/mol. The van der Waals surface area contributed by atoms with E-state index in [0.717, 1.165) is 17.9 Å². The van der Waals surface area contributed by atoms with E-state index in [4.69, 9.17) is 4.74 Å². The molecule has 2 amide bonds. The van der Waals surface area contributed by atoms with Crippen LogP contribution in [0.3, 0.4) is 0 Å². The second-order valence-corrected chi connectivity index (χ2v) is 5.35. The Hall–Kier alpha value is -2.60. The zero-order chi connectivity index (χ0) is 16.5. The van der Waals surface area contributed by atoms with Crippen LogP contribution in [0.4, 0.5) is 10.5 Å². The molecule has 0 bridgehead atoms. The molecule has 0 spiro atoms. The predicted molar refractivity (Wildman–Crippen MR) is 90.6 cm³/mol. The summed E-state index contributed by atoms with van der Waals surface area (Å²) in [7, 11) is 4.01. The maximum Gasteiger partial charge on any atom is 0.319 e. The predicted octanol–water partition coefficient (Wildman–Crippen LogP) is 2.34. The van der Waals surface area contributed by atoms with Crippen molar-refractivity contribution in [2.24, 2.45) is 0 Å². The van der Waals surface area contributed by atoms with Gasteiger partial charge in [0.2, 0.25) is 0 Å². The summed E-state index contributed by atoms with van der Waals surface area (Å²) in [6, 6.07) is 11.0. The van der Waals surface area contributed by atoms with E-state index in [1.54, 1.807) is 24.5 Å².